The molecule has 0 nitrogen and oxygen atoms in total. The highest BCUT2D eigenvalue weighted by Gasteiger charge is 2.84. The normalized spacial score (nSPS) is 82.7. The van der Waals surface area contributed by atoms with E-state index in [4.69, 9.17) is 0 Å². The average Bonchev–Trinajstić information content (AvgIpc) is 2.61. The molecule has 2 bridgehead atoms. The minimum absolute atomic E-state index is 1.19. The highest BCUT2D eigenvalue weighted by atomic mass is 14.9. The smallest absolute Gasteiger partial charge is 0.00941 e. The summed E-state index contributed by atoms with van der Waals surface area (Å²) in [5.41, 5.74) is 3.98. The molecule has 0 amide bonds. The molecule has 4 saturated carbocycles. The molecule has 4 unspecified atom stereocenters. The third-order valence-corrected chi connectivity index (χ3v) is 4.71. The second-order valence-electron chi connectivity index (χ2n) is 4.58. The molecule has 0 aromatic heterocycles. The maximum atomic E-state index is 1.99. The Kier molecular flexibility index (Phi) is 0.206. The van der Waals surface area contributed by atoms with Crippen LogP contribution < -0.4 is 0 Å². The molecule has 0 heteroatoms. The predicted octanol–water partition coefficient (Wildman–Crippen LogP) is 1.44. The first kappa shape index (κ1) is 3.23. The van der Waals surface area contributed by atoms with Crippen molar-refractivity contribution >= 4 is 0 Å². The van der Waals surface area contributed by atoms with Crippen LogP contribution in [0.4, 0.5) is 0 Å². The molecule has 6 rings (SSSR count). The molecule has 6 aliphatic carbocycles. The molecule has 44 valence electrons. The van der Waals surface area contributed by atoms with Crippen LogP contribution >= 0.6 is 0 Å². The van der Waals surface area contributed by atoms with E-state index < -0.39 is 0 Å². The van der Waals surface area contributed by atoms with Crippen molar-refractivity contribution in [1.29, 1.82) is 0 Å². The SMILES string of the molecule is C1C2C3C4=C5C2C5C1C43. The molecule has 0 aliphatic heterocycles. The van der Waals surface area contributed by atoms with E-state index in [-0.39, 0.29) is 0 Å². The van der Waals surface area contributed by atoms with Crippen molar-refractivity contribution < 1.29 is 0 Å². The fourth-order valence-electron chi connectivity index (χ4n) is 4.71. The summed E-state index contributed by atoms with van der Waals surface area (Å²) in [5.74, 6) is 7.21. The maximum Gasteiger partial charge on any atom is -0.00941 e. The molecule has 6 aliphatic rings. The van der Waals surface area contributed by atoms with Gasteiger partial charge in [-0.15, -0.1) is 0 Å². The zero-order valence-electron chi connectivity index (χ0n) is 5.17. The summed E-state index contributed by atoms with van der Waals surface area (Å²) >= 11 is 0. The van der Waals surface area contributed by atoms with Gasteiger partial charge in [0.05, 0.1) is 0 Å². The minimum Gasteiger partial charge on any atom is -0.0624 e. The highest BCUT2D eigenvalue weighted by molar-refractivity contribution is 5.64. The Balaban J connectivity index is 2.15. The quantitative estimate of drug-likeness (QED) is 0.420. The van der Waals surface area contributed by atoms with Crippen LogP contribution in [0.2, 0.25) is 0 Å². The third kappa shape index (κ3) is 0.133. The lowest BCUT2D eigenvalue weighted by molar-refractivity contribution is 0.434. The first-order valence-corrected chi connectivity index (χ1v) is 4.22. The largest absolute Gasteiger partial charge is 0.0624 e. The van der Waals surface area contributed by atoms with Crippen LogP contribution in [0.15, 0.2) is 11.1 Å². The van der Waals surface area contributed by atoms with Crippen LogP contribution in [0, 0.1) is 35.5 Å². The number of allylic oxidation sites excluding steroid dienone is 2. The Bertz CT molecular complexity index is 234. The number of rotatable bonds is 0. The Hall–Kier alpha value is -0.260. The molecule has 9 heavy (non-hydrogen) atoms. The zero-order valence-corrected chi connectivity index (χ0v) is 5.17. The molecule has 4 fully saturated rings. The number of hydrogen-bond acceptors (Lipinski definition) is 0. The van der Waals surface area contributed by atoms with Gasteiger partial charge in [-0.25, -0.2) is 0 Å². The van der Waals surface area contributed by atoms with E-state index in [0.717, 1.165) is 0 Å². The van der Waals surface area contributed by atoms with Crippen molar-refractivity contribution in [2.75, 3.05) is 0 Å². The maximum absolute atomic E-state index is 1.99. The van der Waals surface area contributed by atoms with E-state index >= 15 is 0 Å². The van der Waals surface area contributed by atoms with Crippen molar-refractivity contribution in [3.63, 3.8) is 0 Å². The van der Waals surface area contributed by atoms with Crippen LogP contribution in [0.25, 0.3) is 0 Å². The van der Waals surface area contributed by atoms with Crippen LogP contribution in [0.1, 0.15) is 6.42 Å². The van der Waals surface area contributed by atoms with Gasteiger partial charge in [0.1, 0.15) is 0 Å². The molecule has 0 heterocycles. The van der Waals surface area contributed by atoms with E-state index in [1.54, 1.807) is 6.42 Å². The Labute approximate surface area is 53.9 Å². The second kappa shape index (κ2) is 0.574. The minimum atomic E-state index is 1.19. The highest BCUT2D eigenvalue weighted by Crippen LogP contribution is 2.91. The Morgan fingerprint density at radius 3 is 1.44 bits per heavy atom. The standard InChI is InChI=1S/C9H8/c1-2-4-6-3(1)7-5(2)9(7)8(4)6/h2-7H,1H2. The van der Waals surface area contributed by atoms with Crippen LogP contribution in [0.5, 0.6) is 0 Å². The monoisotopic (exact) mass is 116 g/mol. The summed E-state index contributed by atoms with van der Waals surface area (Å²) in [6.07, 6.45) is 1.64. The summed E-state index contributed by atoms with van der Waals surface area (Å²) in [6, 6.07) is 0. The summed E-state index contributed by atoms with van der Waals surface area (Å²) in [6.45, 7) is 0. The lowest BCUT2D eigenvalue weighted by Gasteiger charge is -2.01. The predicted molar refractivity (Wildman–Crippen MR) is 32.6 cm³/mol. The van der Waals surface area contributed by atoms with Crippen LogP contribution in [0.3, 0.4) is 0 Å². The van der Waals surface area contributed by atoms with Gasteiger partial charge in [0, 0.05) is 0 Å². The van der Waals surface area contributed by atoms with Crippen molar-refractivity contribution in [3.05, 3.63) is 11.1 Å². The fraction of sp³-hybridized carbons (Fsp3) is 0.778. The van der Waals surface area contributed by atoms with Gasteiger partial charge in [0.25, 0.3) is 0 Å². The molecular formula is C9H8. The molecular weight excluding hydrogens is 108 g/mol. The summed E-state index contributed by atoms with van der Waals surface area (Å²) in [7, 11) is 0. The van der Waals surface area contributed by atoms with Gasteiger partial charge >= 0.3 is 0 Å². The van der Waals surface area contributed by atoms with E-state index in [1.165, 1.54) is 35.5 Å². The molecule has 0 N–H and O–H groups in total. The van der Waals surface area contributed by atoms with E-state index in [9.17, 15) is 0 Å². The topological polar surface area (TPSA) is 0 Å². The van der Waals surface area contributed by atoms with E-state index in [1.807, 2.05) is 11.1 Å². The average molecular weight is 116 g/mol. The van der Waals surface area contributed by atoms with Gasteiger partial charge in [-0.3, -0.25) is 0 Å². The molecule has 0 aromatic carbocycles. The molecule has 4 atom stereocenters. The summed E-state index contributed by atoms with van der Waals surface area (Å²) in [5, 5.41) is 0. The zero-order chi connectivity index (χ0) is 5.33. The van der Waals surface area contributed by atoms with Gasteiger partial charge < -0.3 is 0 Å². The third-order valence-electron chi connectivity index (χ3n) is 4.71. The van der Waals surface area contributed by atoms with Crippen molar-refractivity contribution in [2.45, 2.75) is 6.42 Å². The second-order valence-corrected chi connectivity index (χ2v) is 4.58. The molecule has 0 saturated heterocycles. The molecule has 0 aromatic rings. The van der Waals surface area contributed by atoms with Crippen molar-refractivity contribution in [3.8, 4) is 0 Å². The van der Waals surface area contributed by atoms with Crippen molar-refractivity contribution in [2.24, 2.45) is 35.5 Å². The lowest BCUT2D eigenvalue weighted by Crippen LogP contribution is -2.00. The van der Waals surface area contributed by atoms with Crippen LogP contribution in [-0.4, -0.2) is 0 Å². The summed E-state index contributed by atoms with van der Waals surface area (Å²) in [4.78, 5) is 0. The van der Waals surface area contributed by atoms with Gasteiger partial charge in [-0.05, 0) is 41.9 Å². The Morgan fingerprint density at radius 1 is 0.778 bits per heavy atom. The van der Waals surface area contributed by atoms with Crippen LogP contribution in [-0.2, 0) is 0 Å². The first-order valence-electron chi connectivity index (χ1n) is 4.22. The number of hydrogen-bond donors (Lipinski definition) is 0. The van der Waals surface area contributed by atoms with Gasteiger partial charge in [-0.1, -0.05) is 11.1 Å². The molecule has 0 radical (unpaired) electrons. The fourth-order valence-corrected chi connectivity index (χ4v) is 4.71. The van der Waals surface area contributed by atoms with E-state index in [0.29, 0.717) is 0 Å². The molecule has 0 spiro atoms. The summed E-state index contributed by atoms with van der Waals surface area (Å²) < 4.78 is 0. The lowest BCUT2D eigenvalue weighted by atomic mass is 10.0. The van der Waals surface area contributed by atoms with Gasteiger partial charge in [0.2, 0.25) is 0 Å². The Morgan fingerprint density at radius 2 is 1.22 bits per heavy atom. The van der Waals surface area contributed by atoms with Gasteiger partial charge in [0.15, 0.2) is 0 Å². The van der Waals surface area contributed by atoms with Crippen molar-refractivity contribution in [1.82, 2.24) is 0 Å². The first-order chi connectivity index (χ1) is 4.48. The van der Waals surface area contributed by atoms with E-state index in [2.05, 4.69) is 0 Å². The van der Waals surface area contributed by atoms with Gasteiger partial charge in [-0.2, -0.15) is 0 Å².